The summed E-state index contributed by atoms with van der Waals surface area (Å²) in [6.45, 7) is 1.28. The molecular weight excluding hydrogens is 230 g/mol. The average molecular weight is 249 g/mol. The molecule has 4 heteroatoms. The van der Waals surface area contributed by atoms with E-state index in [0.717, 1.165) is 38.7 Å². The number of fused-ring (bicyclic) bond motifs is 5. The fraction of sp³-hybridized carbons (Fsp3) is 0.857. The predicted molar refractivity (Wildman–Crippen MR) is 63.5 cm³/mol. The van der Waals surface area contributed by atoms with Crippen molar-refractivity contribution in [1.29, 1.82) is 0 Å². The van der Waals surface area contributed by atoms with Crippen LogP contribution in [0.1, 0.15) is 32.1 Å². The maximum absolute atomic E-state index is 12.4. The molecule has 4 fully saturated rings. The molecular formula is C14H19NO3. The lowest BCUT2D eigenvalue weighted by atomic mass is 9.81. The summed E-state index contributed by atoms with van der Waals surface area (Å²) in [5.41, 5.74) is 0. The van der Waals surface area contributed by atoms with Crippen molar-refractivity contribution >= 4 is 11.8 Å². The Morgan fingerprint density at radius 1 is 1.06 bits per heavy atom. The fourth-order valence-electron chi connectivity index (χ4n) is 4.64. The summed E-state index contributed by atoms with van der Waals surface area (Å²) in [7, 11) is 0. The first kappa shape index (κ1) is 11.0. The maximum Gasteiger partial charge on any atom is 0.233 e. The first-order valence-corrected chi connectivity index (χ1v) is 7.22. The van der Waals surface area contributed by atoms with Gasteiger partial charge in [-0.3, -0.25) is 14.5 Å². The SMILES string of the molecule is O=C1[C@@H]2[C@H]3CC[C@@H](C3)[C@@H]2C(=O)N1C[C@@H]1CCCO1. The second-order valence-corrected chi connectivity index (χ2v) is 6.31. The van der Waals surface area contributed by atoms with Gasteiger partial charge >= 0.3 is 0 Å². The smallest absolute Gasteiger partial charge is 0.233 e. The summed E-state index contributed by atoms with van der Waals surface area (Å²) in [5, 5.41) is 0. The van der Waals surface area contributed by atoms with Gasteiger partial charge < -0.3 is 4.74 Å². The molecule has 2 saturated heterocycles. The van der Waals surface area contributed by atoms with Gasteiger partial charge in [0.15, 0.2) is 0 Å². The lowest BCUT2D eigenvalue weighted by molar-refractivity contribution is -0.142. The van der Waals surface area contributed by atoms with Crippen LogP contribution in [0.2, 0.25) is 0 Å². The highest BCUT2D eigenvalue weighted by molar-refractivity contribution is 6.06. The number of carbonyl (C=O) groups excluding carboxylic acids is 2. The molecule has 0 aromatic rings. The van der Waals surface area contributed by atoms with E-state index in [2.05, 4.69) is 0 Å². The van der Waals surface area contributed by atoms with Gasteiger partial charge in [0.2, 0.25) is 11.8 Å². The highest BCUT2D eigenvalue weighted by atomic mass is 16.5. The second-order valence-electron chi connectivity index (χ2n) is 6.31. The van der Waals surface area contributed by atoms with Gasteiger partial charge in [-0.05, 0) is 43.9 Å². The molecule has 2 aliphatic heterocycles. The van der Waals surface area contributed by atoms with Crippen LogP contribution in [0.3, 0.4) is 0 Å². The van der Waals surface area contributed by atoms with Crippen LogP contribution in [0.5, 0.6) is 0 Å². The van der Waals surface area contributed by atoms with Crippen molar-refractivity contribution in [2.24, 2.45) is 23.7 Å². The molecule has 0 aromatic carbocycles. The number of likely N-dealkylation sites (tertiary alicyclic amines) is 1. The van der Waals surface area contributed by atoms with Gasteiger partial charge in [0.1, 0.15) is 0 Å². The van der Waals surface area contributed by atoms with Gasteiger partial charge in [-0.2, -0.15) is 0 Å². The number of hydrogen-bond donors (Lipinski definition) is 0. The summed E-state index contributed by atoms with van der Waals surface area (Å²) in [6.07, 6.45) is 5.55. The zero-order valence-corrected chi connectivity index (χ0v) is 10.5. The second kappa shape index (κ2) is 3.80. The molecule has 4 nitrogen and oxygen atoms in total. The molecule has 2 bridgehead atoms. The van der Waals surface area contributed by atoms with E-state index in [1.165, 1.54) is 4.90 Å². The fourth-order valence-corrected chi connectivity index (χ4v) is 4.64. The molecule has 18 heavy (non-hydrogen) atoms. The first-order valence-electron chi connectivity index (χ1n) is 7.22. The van der Waals surface area contributed by atoms with Crippen molar-refractivity contribution in [3.63, 3.8) is 0 Å². The van der Waals surface area contributed by atoms with Crippen molar-refractivity contribution in [3.05, 3.63) is 0 Å². The van der Waals surface area contributed by atoms with E-state index in [0.29, 0.717) is 18.4 Å². The van der Waals surface area contributed by atoms with Gasteiger partial charge in [-0.15, -0.1) is 0 Å². The lowest BCUT2D eigenvalue weighted by Crippen LogP contribution is -2.38. The van der Waals surface area contributed by atoms with Crippen molar-refractivity contribution in [1.82, 2.24) is 4.90 Å². The van der Waals surface area contributed by atoms with Crippen LogP contribution in [0.4, 0.5) is 0 Å². The topological polar surface area (TPSA) is 46.6 Å². The van der Waals surface area contributed by atoms with Crippen molar-refractivity contribution < 1.29 is 14.3 Å². The van der Waals surface area contributed by atoms with E-state index in [1.807, 2.05) is 0 Å². The molecule has 2 saturated carbocycles. The Bertz CT molecular complexity index is 374. The standard InChI is InChI=1S/C14H19NO3/c16-13-11-8-3-4-9(6-8)12(11)14(17)15(13)7-10-2-1-5-18-10/h8-12H,1-7H2/t8-,9-,10-,11-,12+/m0/s1. The minimum Gasteiger partial charge on any atom is -0.376 e. The monoisotopic (exact) mass is 249 g/mol. The van der Waals surface area contributed by atoms with Gasteiger partial charge in [-0.25, -0.2) is 0 Å². The predicted octanol–water partition coefficient (Wildman–Crippen LogP) is 1.20. The molecule has 2 aliphatic carbocycles. The highest BCUT2D eigenvalue weighted by Gasteiger charge is 2.60. The number of hydrogen-bond acceptors (Lipinski definition) is 3. The number of carbonyl (C=O) groups is 2. The Morgan fingerprint density at radius 2 is 1.72 bits per heavy atom. The summed E-state index contributed by atoms with van der Waals surface area (Å²) in [5.74, 6) is 1.24. The van der Waals surface area contributed by atoms with Crippen LogP contribution in [0.15, 0.2) is 0 Å². The molecule has 0 radical (unpaired) electrons. The maximum atomic E-state index is 12.4. The lowest BCUT2D eigenvalue weighted by Gasteiger charge is -2.20. The van der Waals surface area contributed by atoms with E-state index < -0.39 is 0 Å². The Balaban J connectivity index is 1.55. The number of ether oxygens (including phenoxy) is 1. The van der Waals surface area contributed by atoms with Crippen LogP contribution in [0.25, 0.3) is 0 Å². The zero-order valence-electron chi connectivity index (χ0n) is 10.5. The molecule has 4 aliphatic rings. The quantitative estimate of drug-likeness (QED) is 0.691. The Hall–Kier alpha value is -0.900. The van der Waals surface area contributed by atoms with Crippen LogP contribution < -0.4 is 0 Å². The van der Waals surface area contributed by atoms with E-state index in [-0.39, 0.29) is 29.8 Å². The number of nitrogens with zero attached hydrogens (tertiary/aromatic N) is 1. The van der Waals surface area contributed by atoms with E-state index in [9.17, 15) is 9.59 Å². The van der Waals surface area contributed by atoms with Crippen LogP contribution in [-0.4, -0.2) is 36.0 Å². The van der Waals surface area contributed by atoms with Crippen molar-refractivity contribution in [2.45, 2.75) is 38.2 Å². The van der Waals surface area contributed by atoms with Crippen LogP contribution in [-0.2, 0) is 14.3 Å². The van der Waals surface area contributed by atoms with E-state index in [1.54, 1.807) is 0 Å². The third kappa shape index (κ3) is 1.35. The Kier molecular flexibility index (Phi) is 2.31. The van der Waals surface area contributed by atoms with Crippen molar-refractivity contribution in [2.75, 3.05) is 13.2 Å². The molecule has 0 N–H and O–H groups in total. The molecule has 0 spiro atoms. The Labute approximate surface area is 107 Å². The third-order valence-electron chi connectivity index (χ3n) is 5.43. The van der Waals surface area contributed by atoms with Gasteiger partial charge in [0.25, 0.3) is 0 Å². The summed E-state index contributed by atoms with van der Waals surface area (Å²) >= 11 is 0. The number of imide groups is 1. The van der Waals surface area contributed by atoms with E-state index >= 15 is 0 Å². The van der Waals surface area contributed by atoms with Gasteiger partial charge in [0.05, 0.1) is 24.5 Å². The van der Waals surface area contributed by atoms with E-state index in [4.69, 9.17) is 4.74 Å². The molecule has 0 aromatic heterocycles. The minimum absolute atomic E-state index is 0.0256. The van der Waals surface area contributed by atoms with Gasteiger partial charge in [0, 0.05) is 6.61 Å². The largest absolute Gasteiger partial charge is 0.376 e. The normalized spacial score (nSPS) is 46.2. The van der Waals surface area contributed by atoms with Crippen LogP contribution in [0, 0.1) is 23.7 Å². The molecule has 4 rings (SSSR count). The molecule has 2 heterocycles. The summed E-state index contributed by atoms with van der Waals surface area (Å²) in [4.78, 5) is 26.4. The average Bonchev–Trinajstić information content (AvgIpc) is 3.10. The minimum atomic E-state index is 0.0256. The first-order chi connectivity index (χ1) is 8.75. The Morgan fingerprint density at radius 3 is 2.28 bits per heavy atom. The summed E-state index contributed by atoms with van der Waals surface area (Å²) < 4.78 is 5.56. The van der Waals surface area contributed by atoms with Crippen molar-refractivity contribution in [3.8, 4) is 0 Å². The molecule has 5 atom stereocenters. The van der Waals surface area contributed by atoms with Crippen LogP contribution >= 0.6 is 0 Å². The molecule has 0 unspecified atom stereocenters. The zero-order chi connectivity index (χ0) is 12.3. The summed E-state index contributed by atoms with van der Waals surface area (Å²) in [6, 6.07) is 0. The number of rotatable bonds is 2. The van der Waals surface area contributed by atoms with Gasteiger partial charge in [-0.1, -0.05) is 0 Å². The highest BCUT2D eigenvalue weighted by Crippen LogP contribution is 2.56. The molecule has 98 valence electrons. The molecule has 2 amide bonds. The third-order valence-corrected chi connectivity index (χ3v) is 5.43. The number of amides is 2.